The summed E-state index contributed by atoms with van der Waals surface area (Å²) in [5.41, 5.74) is 8.02. The lowest BCUT2D eigenvalue weighted by molar-refractivity contribution is 0.573. The Balaban J connectivity index is 2.22. The minimum atomic E-state index is -3.42. The number of benzene rings is 1. The number of rotatable bonds is 4. The highest BCUT2D eigenvalue weighted by Crippen LogP contribution is 2.23. The molecule has 1 unspecified atom stereocenters. The van der Waals surface area contributed by atoms with Crippen molar-refractivity contribution < 1.29 is 8.42 Å². The summed E-state index contributed by atoms with van der Waals surface area (Å²) in [6, 6.07) is 5.25. The van der Waals surface area contributed by atoms with E-state index in [4.69, 9.17) is 5.73 Å². The van der Waals surface area contributed by atoms with Crippen molar-refractivity contribution in [2.45, 2.75) is 43.5 Å². The van der Waals surface area contributed by atoms with Crippen molar-refractivity contribution in [3.63, 3.8) is 0 Å². The molecule has 0 radical (unpaired) electrons. The van der Waals surface area contributed by atoms with Crippen LogP contribution in [0.1, 0.15) is 30.9 Å². The molecule has 0 aromatic heterocycles. The Morgan fingerprint density at radius 1 is 1.28 bits per heavy atom. The second-order valence-electron chi connectivity index (χ2n) is 4.97. The Hall–Kier alpha value is -0.910. The van der Waals surface area contributed by atoms with E-state index in [0.717, 1.165) is 19.3 Å². The zero-order valence-electron chi connectivity index (χ0n) is 10.6. The number of nitrogens with two attached hydrogens (primary N) is 1. The predicted molar refractivity (Wildman–Crippen MR) is 71.9 cm³/mol. The minimum Gasteiger partial charge on any atom is -0.327 e. The smallest absolute Gasteiger partial charge is 0.240 e. The molecule has 0 saturated heterocycles. The Kier molecular flexibility index (Phi) is 4.04. The monoisotopic (exact) mass is 268 g/mol. The molecule has 0 spiro atoms. The van der Waals surface area contributed by atoms with Crippen LogP contribution in [0.2, 0.25) is 0 Å². The van der Waals surface area contributed by atoms with Gasteiger partial charge in [-0.1, -0.05) is 6.07 Å². The fourth-order valence-corrected chi connectivity index (χ4v) is 3.40. The molecule has 1 aliphatic carbocycles. The van der Waals surface area contributed by atoms with Crippen LogP contribution in [0.15, 0.2) is 23.1 Å². The van der Waals surface area contributed by atoms with Gasteiger partial charge in [-0.15, -0.1) is 0 Å². The first kappa shape index (κ1) is 13.5. The summed E-state index contributed by atoms with van der Waals surface area (Å²) in [7, 11) is -3.42. The highest BCUT2D eigenvalue weighted by Gasteiger charge is 2.17. The maximum absolute atomic E-state index is 12.1. The largest absolute Gasteiger partial charge is 0.327 e. The molecule has 1 aromatic carbocycles. The summed E-state index contributed by atoms with van der Waals surface area (Å²) in [5.74, 6) is 0. The normalized spacial score (nSPS) is 17.2. The first-order valence-electron chi connectivity index (χ1n) is 6.36. The van der Waals surface area contributed by atoms with Gasteiger partial charge in [-0.05, 0) is 55.9 Å². The maximum Gasteiger partial charge on any atom is 0.240 e. The van der Waals surface area contributed by atoms with Crippen LogP contribution in [-0.2, 0) is 22.9 Å². The Bertz CT molecular complexity index is 524. The van der Waals surface area contributed by atoms with Crippen molar-refractivity contribution in [3.8, 4) is 0 Å². The third-order valence-corrected chi connectivity index (χ3v) is 4.65. The molecular formula is C13H20N2O2S. The lowest BCUT2D eigenvalue weighted by Crippen LogP contribution is -2.35. The molecule has 1 aliphatic rings. The lowest BCUT2D eigenvalue weighted by atomic mass is 9.92. The molecule has 18 heavy (non-hydrogen) atoms. The molecular weight excluding hydrogens is 248 g/mol. The van der Waals surface area contributed by atoms with E-state index < -0.39 is 10.0 Å². The highest BCUT2D eigenvalue weighted by atomic mass is 32.2. The van der Waals surface area contributed by atoms with Crippen LogP contribution in [0.5, 0.6) is 0 Å². The number of aryl methyl sites for hydroxylation is 2. The molecule has 3 N–H and O–H groups in total. The topological polar surface area (TPSA) is 72.2 Å². The lowest BCUT2D eigenvalue weighted by Gasteiger charge is -2.17. The molecule has 0 fully saturated rings. The summed E-state index contributed by atoms with van der Waals surface area (Å²) in [6.45, 7) is 2.04. The van der Waals surface area contributed by atoms with E-state index in [0.29, 0.717) is 4.90 Å². The van der Waals surface area contributed by atoms with E-state index >= 15 is 0 Å². The van der Waals surface area contributed by atoms with Gasteiger partial charge in [0, 0.05) is 12.6 Å². The van der Waals surface area contributed by atoms with E-state index in [2.05, 4.69) is 4.72 Å². The van der Waals surface area contributed by atoms with Crippen LogP contribution in [-0.4, -0.2) is 21.0 Å². The number of sulfonamides is 1. The van der Waals surface area contributed by atoms with Crippen LogP contribution in [0.25, 0.3) is 0 Å². The van der Waals surface area contributed by atoms with Crippen LogP contribution in [0.3, 0.4) is 0 Å². The van der Waals surface area contributed by atoms with Gasteiger partial charge in [-0.3, -0.25) is 0 Å². The van der Waals surface area contributed by atoms with Crippen LogP contribution >= 0.6 is 0 Å². The first-order valence-corrected chi connectivity index (χ1v) is 7.84. The van der Waals surface area contributed by atoms with E-state index in [9.17, 15) is 8.42 Å². The summed E-state index contributed by atoms with van der Waals surface area (Å²) < 4.78 is 26.6. The summed E-state index contributed by atoms with van der Waals surface area (Å²) in [4.78, 5) is 0.351. The van der Waals surface area contributed by atoms with Gasteiger partial charge < -0.3 is 5.73 Å². The van der Waals surface area contributed by atoms with Gasteiger partial charge in [0.15, 0.2) is 0 Å². The van der Waals surface area contributed by atoms with Gasteiger partial charge >= 0.3 is 0 Å². The van der Waals surface area contributed by atoms with Crippen molar-refractivity contribution in [2.24, 2.45) is 5.73 Å². The highest BCUT2D eigenvalue weighted by molar-refractivity contribution is 7.89. The standard InChI is InChI=1S/C13H20N2O2S/c1-10(14)9-15-18(16,17)13-7-6-11-4-2-3-5-12(11)8-13/h6-8,10,15H,2-5,9,14H2,1H3. The van der Waals surface area contributed by atoms with Gasteiger partial charge in [0.05, 0.1) is 4.90 Å². The second kappa shape index (κ2) is 5.38. The van der Waals surface area contributed by atoms with Crippen LogP contribution in [0, 0.1) is 0 Å². The average Bonchev–Trinajstić information content (AvgIpc) is 2.36. The number of nitrogens with one attached hydrogen (secondary N) is 1. The van der Waals surface area contributed by atoms with Gasteiger partial charge in [-0.25, -0.2) is 13.1 Å². The summed E-state index contributed by atoms with van der Waals surface area (Å²) in [5, 5.41) is 0. The molecule has 0 aliphatic heterocycles. The predicted octanol–water partition coefficient (Wildman–Crippen LogP) is 1.19. The summed E-state index contributed by atoms with van der Waals surface area (Å²) in [6.07, 6.45) is 4.38. The number of hydrogen-bond donors (Lipinski definition) is 2. The van der Waals surface area contributed by atoms with E-state index in [-0.39, 0.29) is 12.6 Å². The van der Waals surface area contributed by atoms with Crippen molar-refractivity contribution in [2.75, 3.05) is 6.54 Å². The number of hydrogen-bond acceptors (Lipinski definition) is 3. The fourth-order valence-electron chi connectivity index (χ4n) is 2.20. The zero-order chi connectivity index (χ0) is 13.2. The van der Waals surface area contributed by atoms with Gasteiger partial charge in [-0.2, -0.15) is 0 Å². The molecule has 0 amide bonds. The van der Waals surface area contributed by atoms with Gasteiger partial charge in [0.2, 0.25) is 10.0 Å². The van der Waals surface area contributed by atoms with E-state index in [1.54, 1.807) is 19.1 Å². The second-order valence-corrected chi connectivity index (χ2v) is 6.73. The molecule has 0 heterocycles. The van der Waals surface area contributed by atoms with Crippen molar-refractivity contribution in [3.05, 3.63) is 29.3 Å². The maximum atomic E-state index is 12.1. The van der Waals surface area contributed by atoms with E-state index in [1.807, 2.05) is 6.07 Å². The minimum absolute atomic E-state index is 0.183. The molecule has 0 bridgehead atoms. The first-order chi connectivity index (χ1) is 8.49. The van der Waals surface area contributed by atoms with Crippen LogP contribution in [0.4, 0.5) is 0 Å². The third-order valence-electron chi connectivity index (χ3n) is 3.23. The quantitative estimate of drug-likeness (QED) is 0.861. The van der Waals surface area contributed by atoms with Crippen molar-refractivity contribution in [1.82, 2.24) is 4.72 Å². The molecule has 100 valence electrons. The van der Waals surface area contributed by atoms with Gasteiger partial charge in [0.25, 0.3) is 0 Å². The number of fused-ring (bicyclic) bond motifs is 1. The Morgan fingerprint density at radius 3 is 2.61 bits per heavy atom. The van der Waals surface area contributed by atoms with Crippen LogP contribution < -0.4 is 10.5 Å². The molecule has 5 heteroatoms. The summed E-state index contributed by atoms with van der Waals surface area (Å²) >= 11 is 0. The molecule has 0 saturated carbocycles. The average molecular weight is 268 g/mol. The fraction of sp³-hybridized carbons (Fsp3) is 0.538. The molecule has 2 rings (SSSR count). The van der Waals surface area contributed by atoms with Gasteiger partial charge in [0.1, 0.15) is 0 Å². The van der Waals surface area contributed by atoms with Crippen molar-refractivity contribution >= 4 is 10.0 Å². The third kappa shape index (κ3) is 3.10. The molecule has 1 aromatic rings. The van der Waals surface area contributed by atoms with Crippen molar-refractivity contribution in [1.29, 1.82) is 0 Å². The van der Waals surface area contributed by atoms with E-state index in [1.165, 1.54) is 17.5 Å². The zero-order valence-corrected chi connectivity index (χ0v) is 11.5. The SMILES string of the molecule is CC(N)CNS(=O)(=O)c1ccc2c(c1)CCCC2. The Labute approximate surface area is 109 Å². The Morgan fingerprint density at radius 2 is 1.94 bits per heavy atom. The molecule has 1 atom stereocenters. The molecule has 4 nitrogen and oxygen atoms in total.